The number of nitrogens with zero attached hydrogens (tertiary/aromatic N) is 3. The number of hydrogen-bond donors (Lipinski definition) is 1. The predicted octanol–water partition coefficient (Wildman–Crippen LogP) is 1.45. The molecule has 1 aliphatic rings. The van der Waals surface area contributed by atoms with Gasteiger partial charge in [-0.25, -0.2) is 4.98 Å². The third-order valence-corrected chi connectivity index (χ3v) is 2.68. The van der Waals surface area contributed by atoms with Crippen LogP contribution in [0.15, 0.2) is 12.3 Å². The van der Waals surface area contributed by atoms with Crippen LogP contribution in [0.4, 0.5) is 11.8 Å². The number of morpholine rings is 1. The molecule has 2 heterocycles. The molecule has 0 radical (unpaired) electrons. The summed E-state index contributed by atoms with van der Waals surface area (Å²) in [6.07, 6.45) is 1.69. The highest BCUT2D eigenvalue weighted by Crippen LogP contribution is 2.30. The van der Waals surface area contributed by atoms with E-state index in [1.54, 1.807) is 6.20 Å². The topological polar surface area (TPSA) is 64.3 Å². The van der Waals surface area contributed by atoms with Crippen molar-refractivity contribution in [3.05, 3.63) is 12.3 Å². The Morgan fingerprint density at radius 3 is 2.35 bits per heavy atom. The maximum absolute atomic E-state index is 6.03. The Morgan fingerprint density at radius 1 is 1.24 bits per heavy atom. The van der Waals surface area contributed by atoms with Gasteiger partial charge in [-0.2, -0.15) is 4.98 Å². The van der Waals surface area contributed by atoms with E-state index in [-0.39, 0.29) is 11.2 Å². The molecule has 17 heavy (non-hydrogen) atoms. The SMILES string of the molecule is CC1(C)CN(c2ccnc(N)n2)CC(C)(C)O1. The molecule has 1 saturated heterocycles. The second-order valence-electron chi connectivity index (χ2n) is 5.75. The van der Waals surface area contributed by atoms with Crippen LogP contribution in [0.25, 0.3) is 0 Å². The maximum atomic E-state index is 6.03. The Hall–Kier alpha value is -1.36. The highest BCUT2D eigenvalue weighted by atomic mass is 16.5. The molecule has 0 saturated carbocycles. The van der Waals surface area contributed by atoms with Gasteiger partial charge in [0.05, 0.1) is 11.2 Å². The third-order valence-electron chi connectivity index (χ3n) is 2.68. The van der Waals surface area contributed by atoms with E-state index in [2.05, 4.69) is 42.6 Å². The third kappa shape index (κ3) is 2.85. The molecule has 5 heteroatoms. The lowest BCUT2D eigenvalue weighted by Crippen LogP contribution is -2.57. The van der Waals surface area contributed by atoms with Crippen LogP contribution in [0.3, 0.4) is 0 Å². The van der Waals surface area contributed by atoms with Gasteiger partial charge in [0.1, 0.15) is 5.82 Å². The largest absolute Gasteiger partial charge is 0.368 e. The number of rotatable bonds is 1. The summed E-state index contributed by atoms with van der Waals surface area (Å²) in [4.78, 5) is 10.4. The van der Waals surface area contributed by atoms with Gasteiger partial charge in [0, 0.05) is 19.3 Å². The Kier molecular flexibility index (Phi) is 2.73. The van der Waals surface area contributed by atoms with Crippen LogP contribution in [-0.4, -0.2) is 34.3 Å². The van der Waals surface area contributed by atoms with Gasteiger partial charge in [0.15, 0.2) is 0 Å². The van der Waals surface area contributed by atoms with Crippen molar-refractivity contribution in [1.82, 2.24) is 9.97 Å². The van der Waals surface area contributed by atoms with E-state index < -0.39 is 0 Å². The predicted molar refractivity (Wildman–Crippen MR) is 67.9 cm³/mol. The average Bonchev–Trinajstić information content (AvgIpc) is 2.12. The molecule has 1 aromatic rings. The van der Waals surface area contributed by atoms with Crippen LogP contribution in [0.1, 0.15) is 27.7 Å². The first-order chi connectivity index (χ1) is 7.77. The zero-order valence-electron chi connectivity index (χ0n) is 10.9. The normalized spacial score (nSPS) is 22.5. The molecule has 2 rings (SSSR count). The standard InChI is InChI=1S/C12H20N4O/c1-11(2)7-16(8-12(3,4)17-11)9-5-6-14-10(13)15-9/h5-6H,7-8H2,1-4H3,(H2,13,14,15). The van der Waals surface area contributed by atoms with Gasteiger partial charge in [-0.1, -0.05) is 0 Å². The minimum atomic E-state index is -0.193. The van der Waals surface area contributed by atoms with Crippen LogP contribution in [0, 0.1) is 0 Å². The molecule has 1 aromatic heterocycles. The number of nitrogens with two attached hydrogens (primary N) is 1. The summed E-state index contributed by atoms with van der Waals surface area (Å²) in [6.45, 7) is 9.95. The van der Waals surface area contributed by atoms with Crippen LogP contribution in [-0.2, 0) is 4.74 Å². The Balaban J connectivity index is 2.27. The van der Waals surface area contributed by atoms with Crippen molar-refractivity contribution >= 4 is 11.8 Å². The summed E-state index contributed by atoms with van der Waals surface area (Å²) in [7, 11) is 0. The molecule has 1 fully saturated rings. The van der Waals surface area contributed by atoms with Gasteiger partial charge in [0.25, 0.3) is 0 Å². The first kappa shape index (κ1) is 12.1. The number of hydrogen-bond acceptors (Lipinski definition) is 5. The monoisotopic (exact) mass is 236 g/mol. The van der Waals surface area contributed by atoms with Crippen molar-refractivity contribution in [2.75, 3.05) is 23.7 Å². The lowest BCUT2D eigenvalue weighted by atomic mass is 9.99. The Labute approximate surface area is 102 Å². The molecule has 0 spiro atoms. The lowest BCUT2D eigenvalue weighted by Gasteiger charge is -2.47. The first-order valence-electron chi connectivity index (χ1n) is 5.81. The Morgan fingerprint density at radius 2 is 1.82 bits per heavy atom. The van der Waals surface area contributed by atoms with Crippen LogP contribution in [0.2, 0.25) is 0 Å². The zero-order chi connectivity index (χ0) is 12.7. The smallest absolute Gasteiger partial charge is 0.221 e. The average molecular weight is 236 g/mol. The van der Waals surface area contributed by atoms with Gasteiger partial charge >= 0.3 is 0 Å². The van der Waals surface area contributed by atoms with E-state index >= 15 is 0 Å². The molecule has 2 N–H and O–H groups in total. The molecule has 0 unspecified atom stereocenters. The molecular weight excluding hydrogens is 216 g/mol. The summed E-state index contributed by atoms with van der Waals surface area (Å²) in [6, 6.07) is 1.88. The second-order valence-corrected chi connectivity index (χ2v) is 5.75. The van der Waals surface area contributed by atoms with Gasteiger partial charge in [-0.15, -0.1) is 0 Å². The van der Waals surface area contributed by atoms with Crippen molar-refractivity contribution in [3.8, 4) is 0 Å². The number of anilines is 2. The van der Waals surface area contributed by atoms with E-state index in [1.807, 2.05) is 6.07 Å². The van der Waals surface area contributed by atoms with Gasteiger partial charge in [-0.3, -0.25) is 0 Å². The van der Waals surface area contributed by atoms with E-state index in [9.17, 15) is 0 Å². The molecule has 0 bridgehead atoms. The fraction of sp³-hybridized carbons (Fsp3) is 0.667. The first-order valence-corrected chi connectivity index (χ1v) is 5.81. The van der Waals surface area contributed by atoms with Crippen LogP contribution in [0.5, 0.6) is 0 Å². The van der Waals surface area contributed by atoms with Gasteiger partial charge < -0.3 is 15.4 Å². The van der Waals surface area contributed by atoms with E-state index in [1.165, 1.54) is 0 Å². The fourth-order valence-corrected chi connectivity index (χ4v) is 2.49. The zero-order valence-corrected chi connectivity index (χ0v) is 10.9. The maximum Gasteiger partial charge on any atom is 0.221 e. The highest BCUT2D eigenvalue weighted by molar-refractivity contribution is 5.42. The second kappa shape index (κ2) is 3.84. The molecule has 0 aromatic carbocycles. The van der Waals surface area contributed by atoms with E-state index in [4.69, 9.17) is 10.5 Å². The molecule has 0 atom stereocenters. The van der Waals surface area contributed by atoms with Crippen molar-refractivity contribution in [3.63, 3.8) is 0 Å². The van der Waals surface area contributed by atoms with Gasteiger partial charge in [0.2, 0.25) is 5.95 Å². The summed E-state index contributed by atoms with van der Waals surface area (Å²) in [5, 5.41) is 0. The summed E-state index contributed by atoms with van der Waals surface area (Å²) in [5.41, 5.74) is 5.23. The molecule has 0 amide bonds. The van der Waals surface area contributed by atoms with E-state index in [0.29, 0.717) is 5.95 Å². The summed E-state index contributed by atoms with van der Waals surface area (Å²) in [5.74, 6) is 1.17. The van der Waals surface area contributed by atoms with Crippen molar-refractivity contribution in [2.24, 2.45) is 0 Å². The number of ether oxygens (including phenoxy) is 1. The number of nitrogen functional groups attached to an aromatic ring is 1. The lowest BCUT2D eigenvalue weighted by molar-refractivity contribution is -0.133. The van der Waals surface area contributed by atoms with Crippen LogP contribution < -0.4 is 10.6 Å². The molecule has 0 aliphatic carbocycles. The minimum absolute atomic E-state index is 0.193. The quantitative estimate of drug-likeness (QED) is 0.799. The minimum Gasteiger partial charge on any atom is -0.368 e. The molecule has 94 valence electrons. The van der Waals surface area contributed by atoms with Crippen LogP contribution >= 0.6 is 0 Å². The summed E-state index contributed by atoms with van der Waals surface area (Å²) >= 11 is 0. The number of aromatic nitrogens is 2. The molecule has 5 nitrogen and oxygen atoms in total. The highest BCUT2D eigenvalue weighted by Gasteiger charge is 2.38. The van der Waals surface area contributed by atoms with Crippen molar-refractivity contribution in [2.45, 2.75) is 38.9 Å². The van der Waals surface area contributed by atoms with E-state index in [0.717, 1.165) is 18.9 Å². The Bertz CT molecular complexity index is 401. The van der Waals surface area contributed by atoms with Crippen molar-refractivity contribution < 1.29 is 4.74 Å². The fourth-order valence-electron chi connectivity index (χ4n) is 2.49. The van der Waals surface area contributed by atoms with Crippen molar-refractivity contribution in [1.29, 1.82) is 0 Å². The van der Waals surface area contributed by atoms with Gasteiger partial charge in [-0.05, 0) is 33.8 Å². The molecule has 1 aliphatic heterocycles. The summed E-state index contributed by atoms with van der Waals surface area (Å²) < 4.78 is 6.03. The molecular formula is C12H20N4O.